The molecule has 0 bridgehead atoms. The number of carbonyl (C=O) groups excluding carboxylic acids is 2. The highest BCUT2D eigenvalue weighted by molar-refractivity contribution is 6.05. The number of likely N-dealkylation sites (N-methyl/N-ethyl adjacent to an activating group) is 1. The highest BCUT2D eigenvalue weighted by Crippen LogP contribution is 2.34. The summed E-state index contributed by atoms with van der Waals surface area (Å²) >= 11 is 0. The Labute approximate surface area is 92.0 Å². The average molecular weight is 222 g/mol. The van der Waals surface area contributed by atoms with Crippen molar-refractivity contribution in [2.24, 2.45) is 0 Å². The van der Waals surface area contributed by atoms with Gasteiger partial charge in [-0.25, -0.2) is 4.39 Å². The van der Waals surface area contributed by atoms with E-state index in [0.717, 1.165) is 0 Å². The molecule has 0 spiro atoms. The Morgan fingerprint density at radius 2 is 2.19 bits per heavy atom. The summed E-state index contributed by atoms with van der Waals surface area (Å²) in [5.74, 6) is -0.989. The van der Waals surface area contributed by atoms with Gasteiger partial charge in [-0.3, -0.25) is 9.59 Å². The number of nitrogens with one attached hydrogen (secondary N) is 1. The number of hydrogen-bond donors (Lipinski definition) is 1. The minimum atomic E-state index is -0.770. The molecule has 1 aromatic rings. The summed E-state index contributed by atoms with van der Waals surface area (Å²) in [6.45, 7) is 1.32. The maximum Gasteiger partial charge on any atom is 0.254 e. The Hall–Kier alpha value is -1.91. The molecule has 1 aromatic carbocycles. The third-order valence-electron chi connectivity index (χ3n) is 2.59. The number of rotatable bonds is 1. The van der Waals surface area contributed by atoms with E-state index >= 15 is 0 Å². The fourth-order valence-electron chi connectivity index (χ4n) is 1.85. The molecular formula is C11H11FN2O2. The van der Waals surface area contributed by atoms with Gasteiger partial charge in [-0.1, -0.05) is 0 Å². The predicted molar refractivity (Wildman–Crippen MR) is 56.4 cm³/mol. The van der Waals surface area contributed by atoms with Gasteiger partial charge in [0.1, 0.15) is 11.9 Å². The molecule has 0 aromatic heterocycles. The van der Waals surface area contributed by atoms with E-state index in [9.17, 15) is 14.0 Å². The quantitative estimate of drug-likeness (QED) is 0.770. The Bertz CT molecular complexity index is 473. The SMILES string of the molecule is CC(=O)NC1C(=O)N(C)c2ccc(F)cc21. The molecule has 1 aliphatic heterocycles. The van der Waals surface area contributed by atoms with E-state index in [0.29, 0.717) is 11.3 Å². The lowest BCUT2D eigenvalue weighted by atomic mass is 10.1. The maximum atomic E-state index is 13.1. The van der Waals surface area contributed by atoms with Crippen LogP contribution in [0.15, 0.2) is 18.2 Å². The van der Waals surface area contributed by atoms with E-state index < -0.39 is 11.9 Å². The van der Waals surface area contributed by atoms with Crippen molar-refractivity contribution >= 4 is 17.5 Å². The molecule has 84 valence electrons. The zero-order valence-corrected chi connectivity index (χ0v) is 8.95. The third kappa shape index (κ3) is 1.54. The Morgan fingerprint density at radius 1 is 1.50 bits per heavy atom. The van der Waals surface area contributed by atoms with Crippen LogP contribution in [0.25, 0.3) is 0 Å². The third-order valence-corrected chi connectivity index (χ3v) is 2.59. The number of nitrogens with zero attached hydrogens (tertiary/aromatic N) is 1. The van der Waals surface area contributed by atoms with Crippen LogP contribution in [-0.2, 0) is 9.59 Å². The lowest BCUT2D eigenvalue weighted by Crippen LogP contribution is -2.34. The number of anilines is 1. The van der Waals surface area contributed by atoms with Crippen LogP contribution in [-0.4, -0.2) is 18.9 Å². The zero-order chi connectivity index (χ0) is 11.9. The number of halogens is 1. The molecule has 2 amide bonds. The van der Waals surface area contributed by atoms with E-state index in [4.69, 9.17) is 0 Å². The van der Waals surface area contributed by atoms with Crippen LogP contribution in [0, 0.1) is 5.82 Å². The average Bonchev–Trinajstić information content (AvgIpc) is 2.43. The van der Waals surface area contributed by atoms with Gasteiger partial charge in [-0.15, -0.1) is 0 Å². The molecule has 0 fully saturated rings. The molecule has 0 saturated carbocycles. The standard InChI is InChI=1S/C11H11FN2O2/c1-6(15)13-10-8-5-7(12)3-4-9(8)14(2)11(10)16/h3-5,10H,1-2H3,(H,13,15). The topological polar surface area (TPSA) is 49.4 Å². The van der Waals surface area contributed by atoms with Gasteiger partial charge < -0.3 is 10.2 Å². The molecule has 16 heavy (non-hydrogen) atoms. The molecule has 1 N–H and O–H groups in total. The molecule has 0 aliphatic carbocycles. The second kappa shape index (κ2) is 3.59. The van der Waals surface area contributed by atoms with Gasteiger partial charge in [-0.05, 0) is 18.2 Å². The summed E-state index contributed by atoms with van der Waals surface area (Å²) in [4.78, 5) is 24.2. The van der Waals surface area contributed by atoms with Crippen LogP contribution in [0.3, 0.4) is 0 Å². The molecule has 0 saturated heterocycles. The van der Waals surface area contributed by atoms with E-state index in [-0.39, 0.29) is 11.8 Å². The summed E-state index contributed by atoms with van der Waals surface area (Å²) < 4.78 is 13.1. The van der Waals surface area contributed by atoms with Crippen molar-refractivity contribution in [1.82, 2.24) is 5.32 Å². The largest absolute Gasteiger partial charge is 0.341 e. The van der Waals surface area contributed by atoms with Gasteiger partial charge in [0.2, 0.25) is 5.91 Å². The summed E-state index contributed by atoms with van der Waals surface area (Å²) in [6.07, 6.45) is 0. The highest BCUT2D eigenvalue weighted by Gasteiger charge is 2.35. The molecule has 1 unspecified atom stereocenters. The lowest BCUT2D eigenvalue weighted by molar-refractivity contribution is -0.125. The van der Waals surface area contributed by atoms with Crippen LogP contribution < -0.4 is 10.2 Å². The molecule has 2 rings (SSSR count). The van der Waals surface area contributed by atoms with Crippen molar-refractivity contribution in [1.29, 1.82) is 0 Å². The summed E-state index contributed by atoms with van der Waals surface area (Å²) in [6, 6.07) is 3.33. The Kier molecular flexibility index (Phi) is 2.38. The first-order valence-electron chi connectivity index (χ1n) is 4.85. The first kappa shape index (κ1) is 10.6. The Morgan fingerprint density at radius 3 is 2.81 bits per heavy atom. The van der Waals surface area contributed by atoms with Gasteiger partial charge in [-0.2, -0.15) is 0 Å². The van der Waals surface area contributed by atoms with Gasteiger partial charge in [0.05, 0.1) is 0 Å². The smallest absolute Gasteiger partial charge is 0.254 e. The normalized spacial score (nSPS) is 18.6. The van der Waals surface area contributed by atoms with Crippen LogP contribution in [0.1, 0.15) is 18.5 Å². The fraction of sp³-hybridized carbons (Fsp3) is 0.273. The van der Waals surface area contributed by atoms with Crippen molar-refractivity contribution in [3.05, 3.63) is 29.6 Å². The Balaban J connectivity index is 2.47. The molecule has 4 nitrogen and oxygen atoms in total. The summed E-state index contributed by atoms with van der Waals surface area (Å²) in [7, 11) is 1.60. The van der Waals surface area contributed by atoms with Crippen molar-refractivity contribution in [2.45, 2.75) is 13.0 Å². The fourth-order valence-corrected chi connectivity index (χ4v) is 1.85. The number of carbonyl (C=O) groups is 2. The minimum absolute atomic E-state index is 0.254. The van der Waals surface area contributed by atoms with E-state index in [1.807, 2.05) is 0 Å². The van der Waals surface area contributed by atoms with Crippen LogP contribution in [0.4, 0.5) is 10.1 Å². The van der Waals surface area contributed by atoms with Crippen molar-refractivity contribution in [3.8, 4) is 0 Å². The summed E-state index contributed by atoms with van der Waals surface area (Å²) in [5.41, 5.74) is 1.13. The zero-order valence-electron chi connectivity index (χ0n) is 8.95. The minimum Gasteiger partial charge on any atom is -0.341 e. The number of hydrogen-bond acceptors (Lipinski definition) is 2. The highest BCUT2D eigenvalue weighted by atomic mass is 19.1. The second-order valence-corrected chi connectivity index (χ2v) is 3.73. The number of amides is 2. The van der Waals surface area contributed by atoms with Crippen LogP contribution >= 0.6 is 0 Å². The molecule has 5 heteroatoms. The van der Waals surface area contributed by atoms with Crippen LogP contribution in [0.2, 0.25) is 0 Å². The predicted octanol–water partition coefficient (Wildman–Crippen LogP) is 0.979. The van der Waals surface area contributed by atoms with Gasteiger partial charge >= 0.3 is 0 Å². The van der Waals surface area contributed by atoms with Crippen molar-refractivity contribution in [3.63, 3.8) is 0 Å². The summed E-state index contributed by atoms with van der Waals surface area (Å²) in [5, 5.41) is 2.51. The monoisotopic (exact) mass is 222 g/mol. The first-order valence-corrected chi connectivity index (χ1v) is 4.85. The molecular weight excluding hydrogens is 211 g/mol. The van der Waals surface area contributed by atoms with E-state index in [1.54, 1.807) is 7.05 Å². The first-order chi connectivity index (χ1) is 7.50. The van der Waals surface area contributed by atoms with Gasteiger partial charge in [0.25, 0.3) is 5.91 Å². The molecule has 1 heterocycles. The maximum absolute atomic E-state index is 13.1. The second-order valence-electron chi connectivity index (χ2n) is 3.73. The molecule has 1 aliphatic rings. The number of benzene rings is 1. The molecule has 1 atom stereocenters. The van der Waals surface area contributed by atoms with Crippen LogP contribution in [0.5, 0.6) is 0 Å². The van der Waals surface area contributed by atoms with Crippen molar-refractivity contribution in [2.75, 3.05) is 11.9 Å². The van der Waals surface area contributed by atoms with E-state index in [1.165, 1.54) is 30.0 Å². The van der Waals surface area contributed by atoms with Gasteiger partial charge in [0.15, 0.2) is 0 Å². The molecule has 0 radical (unpaired) electrons. The number of fused-ring (bicyclic) bond motifs is 1. The van der Waals surface area contributed by atoms with Gasteiger partial charge in [0, 0.05) is 25.2 Å². The van der Waals surface area contributed by atoms with E-state index in [2.05, 4.69) is 5.32 Å². The van der Waals surface area contributed by atoms with Crippen molar-refractivity contribution < 1.29 is 14.0 Å². The lowest BCUT2D eigenvalue weighted by Gasteiger charge is -2.11.